The number of amides is 1. The van der Waals surface area contributed by atoms with Crippen LogP contribution < -0.4 is 5.32 Å². The summed E-state index contributed by atoms with van der Waals surface area (Å²) in [5.41, 5.74) is 0. The SMILES string of the molecule is CC/C=C\C/C=C\C/C=C\C/C=C\C/C=C\C/C=C\C/C=C\C/C=C\CCCCCCCCCCCCCCCCC(=O)NC(COC1OC(CO)C(OC2OC(CO)C(OC3OC(CO)C(O)C(O)C3O)C(O)C2O)C(O)C1O)C(O)/C=C/CC/C=C/CC/C=C/CCCCCCCCCCCCCCCCCCCC. The van der Waals surface area contributed by atoms with Crippen molar-refractivity contribution in [2.24, 2.45) is 0 Å². The number of nitrogens with one attached hydrogen (secondary N) is 1. The van der Waals surface area contributed by atoms with E-state index in [2.05, 4.69) is 141 Å². The van der Waals surface area contributed by atoms with Gasteiger partial charge in [-0.3, -0.25) is 4.79 Å². The lowest BCUT2D eigenvalue weighted by molar-refractivity contribution is -0.379. The van der Waals surface area contributed by atoms with Crippen LogP contribution in [-0.4, -0.2) is 193 Å². The largest absolute Gasteiger partial charge is 0.394 e. The van der Waals surface area contributed by atoms with Gasteiger partial charge in [0.05, 0.1) is 38.6 Å². The number of carbonyl (C=O) groups is 1. The van der Waals surface area contributed by atoms with Crippen molar-refractivity contribution in [3.8, 4) is 0 Å². The van der Waals surface area contributed by atoms with Crippen molar-refractivity contribution in [3.05, 3.63) is 134 Å². The summed E-state index contributed by atoms with van der Waals surface area (Å²) in [4.78, 5) is 13.5. The molecule has 0 aliphatic carbocycles. The topological polar surface area (TPSA) is 307 Å². The Bertz CT molecular complexity index is 2540. The second kappa shape index (κ2) is 71.1. The normalized spacial score (nSPS) is 25.6. The maximum atomic E-state index is 13.5. The molecule has 3 rings (SSSR count). The van der Waals surface area contributed by atoms with Crippen LogP contribution in [0.5, 0.6) is 0 Å². The Morgan fingerprint density at radius 1 is 0.330 bits per heavy atom. The summed E-state index contributed by atoms with van der Waals surface area (Å²) in [6, 6.07) is -1.01. The zero-order valence-electron chi connectivity index (χ0n) is 69.4. The molecule has 12 N–H and O–H groups in total. The van der Waals surface area contributed by atoms with Crippen LogP contribution in [0.3, 0.4) is 0 Å². The van der Waals surface area contributed by atoms with Crippen molar-refractivity contribution in [2.75, 3.05) is 26.4 Å². The molecule has 0 spiro atoms. The standard InChI is InChI=1S/C93H159NO18/c1-3-5-7-9-11-13-15-17-19-21-23-25-27-29-31-33-34-35-36-37-38-39-40-41-42-43-45-47-49-51-53-55-57-59-61-63-65-67-69-71-81(99)94-76(77(98)70-68-66-64-62-60-58-56-54-52-50-48-46-44-32-30-28-26-24-22-20-18-16-14-12-10-8-6-4-2)75-107-91-87(105)84(102)89(79(73-96)109-91)112-93-88(106)85(103)90(80(74-97)110-93)111-92-86(104)83(101)82(100)78(72-95)108-92/h5,7,11,13,17,19,23,25,29,31,34-35,37-38,40-41,52,54,60,62,68,70,76-80,82-93,95-98,100-106H,3-4,6,8-10,12,14-16,18,20-22,24,26-28,30,32-33,36,39,42-51,53,55-59,61,63-67,69,71-75H2,1-2H3,(H,94,99)/b7-5-,13-11-,19-17-,25-23-,31-29-,35-34-,38-37-,41-40-,54-52+,62-60+,70-68+. The van der Waals surface area contributed by atoms with Crippen LogP contribution in [0.1, 0.15) is 316 Å². The molecule has 1 amide bonds. The maximum Gasteiger partial charge on any atom is 0.220 e. The highest BCUT2D eigenvalue weighted by atomic mass is 16.8. The first kappa shape index (κ1) is 102. The molecule has 3 fully saturated rings. The van der Waals surface area contributed by atoms with E-state index in [0.717, 1.165) is 109 Å². The molecular formula is C93H159NO18. The van der Waals surface area contributed by atoms with Crippen molar-refractivity contribution in [3.63, 3.8) is 0 Å². The van der Waals surface area contributed by atoms with Crippen molar-refractivity contribution in [1.29, 1.82) is 0 Å². The van der Waals surface area contributed by atoms with Gasteiger partial charge in [-0.05, 0) is 109 Å². The summed E-state index contributed by atoms with van der Waals surface area (Å²) in [5.74, 6) is -0.292. The van der Waals surface area contributed by atoms with Crippen LogP contribution in [0.25, 0.3) is 0 Å². The minimum Gasteiger partial charge on any atom is -0.394 e. The minimum atomic E-state index is -1.99. The third kappa shape index (κ3) is 49.2. The van der Waals surface area contributed by atoms with E-state index in [1.54, 1.807) is 6.08 Å². The number of ether oxygens (including phenoxy) is 6. The van der Waals surface area contributed by atoms with Crippen LogP contribution >= 0.6 is 0 Å². The number of rotatable bonds is 70. The number of allylic oxidation sites excluding steroid dienone is 21. The van der Waals surface area contributed by atoms with Gasteiger partial charge in [0.15, 0.2) is 18.9 Å². The molecule has 3 heterocycles. The van der Waals surface area contributed by atoms with Gasteiger partial charge in [-0.25, -0.2) is 0 Å². The van der Waals surface area contributed by atoms with Crippen LogP contribution in [0.4, 0.5) is 0 Å². The molecule has 112 heavy (non-hydrogen) atoms. The van der Waals surface area contributed by atoms with Crippen LogP contribution in [0.15, 0.2) is 134 Å². The Morgan fingerprint density at radius 3 is 1.00 bits per heavy atom. The fourth-order valence-corrected chi connectivity index (χ4v) is 14.1. The molecule has 19 heteroatoms. The molecule has 3 aliphatic heterocycles. The van der Waals surface area contributed by atoms with Gasteiger partial charge in [0.25, 0.3) is 0 Å². The fourth-order valence-electron chi connectivity index (χ4n) is 14.1. The summed E-state index contributed by atoms with van der Waals surface area (Å²) >= 11 is 0. The molecule has 0 radical (unpaired) electrons. The summed E-state index contributed by atoms with van der Waals surface area (Å²) in [6.45, 7) is 1.62. The Labute approximate surface area is 677 Å². The van der Waals surface area contributed by atoms with Crippen LogP contribution in [0.2, 0.25) is 0 Å². The monoisotopic (exact) mass is 1580 g/mol. The predicted octanol–water partition coefficient (Wildman–Crippen LogP) is 16.8. The molecule has 17 atom stereocenters. The van der Waals surface area contributed by atoms with E-state index in [-0.39, 0.29) is 18.9 Å². The van der Waals surface area contributed by atoms with Gasteiger partial charge >= 0.3 is 0 Å². The minimum absolute atomic E-state index is 0.224. The number of unbranched alkanes of at least 4 members (excludes halogenated alkanes) is 34. The average Bonchev–Trinajstić information content (AvgIpc) is 0.780. The van der Waals surface area contributed by atoms with E-state index < -0.39 is 124 Å². The Hall–Kier alpha value is -4.07. The van der Waals surface area contributed by atoms with E-state index in [4.69, 9.17) is 28.4 Å². The summed E-state index contributed by atoms with van der Waals surface area (Å²) in [6.07, 6.45) is 75.9. The molecule has 0 aromatic rings. The summed E-state index contributed by atoms with van der Waals surface area (Å²) in [7, 11) is 0. The molecular weight excluding hydrogens is 1420 g/mol. The van der Waals surface area contributed by atoms with E-state index in [1.807, 2.05) is 6.08 Å². The van der Waals surface area contributed by atoms with Crippen molar-refractivity contribution < 1.29 is 89.4 Å². The zero-order chi connectivity index (χ0) is 81.0. The van der Waals surface area contributed by atoms with Crippen molar-refractivity contribution in [2.45, 2.75) is 420 Å². The van der Waals surface area contributed by atoms with Gasteiger partial charge in [0.1, 0.15) is 73.2 Å². The second-order valence-corrected chi connectivity index (χ2v) is 31.0. The molecule has 0 bridgehead atoms. The number of hydrogen-bond donors (Lipinski definition) is 12. The van der Waals surface area contributed by atoms with E-state index in [1.165, 1.54) is 173 Å². The molecule has 0 aromatic heterocycles. The lowest BCUT2D eigenvalue weighted by Gasteiger charge is -2.48. The van der Waals surface area contributed by atoms with E-state index >= 15 is 0 Å². The smallest absolute Gasteiger partial charge is 0.220 e. The second-order valence-electron chi connectivity index (χ2n) is 31.0. The van der Waals surface area contributed by atoms with E-state index in [0.29, 0.717) is 12.8 Å². The van der Waals surface area contributed by atoms with Gasteiger partial charge in [-0.15, -0.1) is 0 Å². The highest BCUT2D eigenvalue weighted by molar-refractivity contribution is 5.76. The molecule has 17 unspecified atom stereocenters. The van der Waals surface area contributed by atoms with Crippen LogP contribution in [0, 0.1) is 0 Å². The first-order valence-electron chi connectivity index (χ1n) is 44.4. The number of carbonyl (C=O) groups excluding carboxylic acids is 1. The Balaban J connectivity index is 1.35. The Kier molecular flexibility index (Phi) is 64.8. The molecule has 0 aromatic carbocycles. The van der Waals surface area contributed by atoms with Gasteiger partial charge in [0.2, 0.25) is 5.91 Å². The Morgan fingerprint density at radius 2 is 0.625 bits per heavy atom. The lowest BCUT2D eigenvalue weighted by Crippen LogP contribution is -2.66. The molecule has 3 saturated heterocycles. The zero-order valence-corrected chi connectivity index (χ0v) is 69.4. The number of hydrogen-bond acceptors (Lipinski definition) is 18. The molecule has 19 nitrogen and oxygen atoms in total. The quantitative estimate of drug-likeness (QED) is 0.0199. The summed E-state index contributed by atoms with van der Waals surface area (Å²) < 4.78 is 34.5. The first-order valence-corrected chi connectivity index (χ1v) is 44.4. The third-order valence-corrected chi connectivity index (χ3v) is 21.2. The lowest BCUT2D eigenvalue weighted by atomic mass is 9.96. The summed E-state index contributed by atoms with van der Waals surface area (Å²) in [5, 5.41) is 121. The van der Waals surface area contributed by atoms with E-state index in [9.17, 15) is 61.0 Å². The van der Waals surface area contributed by atoms with Gasteiger partial charge in [-0.2, -0.15) is 0 Å². The number of aliphatic hydroxyl groups excluding tert-OH is 11. The molecule has 644 valence electrons. The van der Waals surface area contributed by atoms with Gasteiger partial charge in [-0.1, -0.05) is 334 Å². The molecule has 0 saturated carbocycles. The van der Waals surface area contributed by atoms with Crippen molar-refractivity contribution in [1.82, 2.24) is 5.32 Å². The van der Waals surface area contributed by atoms with Crippen LogP contribution in [-0.2, 0) is 33.2 Å². The maximum absolute atomic E-state index is 13.5. The van der Waals surface area contributed by atoms with Gasteiger partial charge < -0.3 is 89.9 Å². The third-order valence-electron chi connectivity index (χ3n) is 21.2. The fraction of sp³-hybridized carbons (Fsp3) is 0.753. The highest BCUT2D eigenvalue weighted by Crippen LogP contribution is 2.33. The average molecular weight is 1580 g/mol. The highest BCUT2D eigenvalue weighted by Gasteiger charge is 2.54. The predicted molar refractivity (Wildman–Crippen MR) is 452 cm³/mol. The first-order chi connectivity index (χ1) is 54.8. The van der Waals surface area contributed by atoms with Gasteiger partial charge in [0, 0.05) is 6.42 Å². The molecule has 3 aliphatic rings. The van der Waals surface area contributed by atoms with Crippen molar-refractivity contribution >= 4 is 5.91 Å². The number of aliphatic hydroxyl groups is 11.